The summed E-state index contributed by atoms with van der Waals surface area (Å²) in [7, 11) is 0. The van der Waals surface area contributed by atoms with E-state index in [0.717, 1.165) is 57.2 Å². The number of aryl methyl sites for hydroxylation is 1. The molecule has 0 unspecified atom stereocenters. The number of nitrogens with zero attached hydrogens (tertiary/aromatic N) is 5. The minimum atomic E-state index is -0.0332. The van der Waals surface area contributed by atoms with Gasteiger partial charge in [-0.3, -0.25) is 20.0 Å². The first-order valence-corrected chi connectivity index (χ1v) is 11.9. The van der Waals surface area contributed by atoms with Crippen LogP contribution in [0.2, 0.25) is 0 Å². The van der Waals surface area contributed by atoms with E-state index in [1.807, 2.05) is 24.3 Å². The number of carbonyl (C=O) groups is 1. The molecule has 2 aromatic rings. The first kappa shape index (κ1) is 24.1. The van der Waals surface area contributed by atoms with Gasteiger partial charge in [-0.25, -0.2) is 4.98 Å². The number of benzene rings is 1. The molecule has 2 aliphatic heterocycles. The third kappa shape index (κ3) is 6.75. The van der Waals surface area contributed by atoms with Crippen molar-refractivity contribution in [1.29, 1.82) is 0 Å². The van der Waals surface area contributed by atoms with Crippen molar-refractivity contribution in [2.24, 2.45) is 5.10 Å². The SMILES string of the molecule is CC(=O)N(CCN1CCOCC1)c1cc(N2CCOCC2)cc(N/N=C/c2cccc(C)c2)n1. The Labute approximate surface area is 201 Å². The lowest BCUT2D eigenvalue weighted by Gasteiger charge is -2.31. The van der Waals surface area contributed by atoms with Gasteiger partial charge in [-0.15, -0.1) is 0 Å². The molecule has 9 nitrogen and oxygen atoms in total. The number of hydrogen-bond acceptors (Lipinski definition) is 8. The number of carbonyl (C=O) groups excluding carboxylic acids is 1. The minimum absolute atomic E-state index is 0.0332. The van der Waals surface area contributed by atoms with Gasteiger partial charge in [-0.2, -0.15) is 5.10 Å². The van der Waals surface area contributed by atoms with E-state index in [1.165, 1.54) is 5.56 Å². The van der Waals surface area contributed by atoms with E-state index in [0.29, 0.717) is 31.4 Å². The second-order valence-electron chi connectivity index (χ2n) is 8.58. The first-order valence-electron chi connectivity index (χ1n) is 11.9. The molecule has 3 heterocycles. The molecule has 2 saturated heterocycles. The molecule has 0 atom stereocenters. The zero-order valence-electron chi connectivity index (χ0n) is 20.1. The van der Waals surface area contributed by atoms with Gasteiger partial charge in [0.15, 0.2) is 5.82 Å². The highest BCUT2D eigenvalue weighted by Crippen LogP contribution is 2.26. The molecule has 1 amide bonds. The lowest BCUT2D eigenvalue weighted by molar-refractivity contribution is -0.116. The number of pyridine rings is 1. The summed E-state index contributed by atoms with van der Waals surface area (Å²) in [5, 5.41) is 4.40. The van der Waals surface area contributed by atoms with Crippen molar-refractivity contribution in [1.82, 2.24) is 9.88 Å². The number of anilines is 3. The van der Waals surface area contributed by atoms with E-state index in [1.54, 1.807) is 18.0 Å². The molecule has 0 aliphatic carbocycles. The van der Waals surface area contributed by atoms with Gasteiger partial charge in [0.25, 0.3) is 0 Å². The Bertz CT molecular complexity index is 986. The van der Waals surface area contributed by atoms with Crippen LogP contribution in [0.3, 0.4) is 0 Å². The monoisotopic (exact) mass is 466 g/mol. The van der Waals surface area contributed by atoms with E-state index < -0.39 is 0 Å². The summed E-state index contributed by atoms with van der Waals surface area (Å²) < 4.78 is 11.0. The quantitative estimate of drug-likeness (QED) is 0.472. The summed E-state index contributed by atoms with van der Waals surface area (Å²) in [6.07, 6.45) is 1.77. The lowest BCUT2D eigenvalue weighted by Crippen LogP contribution is -2.43. The largest absolute Gasteiger partial charge is 0.379 e. The van der Waals surface area contributed by atoms with Crippen molar-refractivity contribution in [2.45, 2.75) is 13.8 Å². The molecule has 182 valence electrons. The second-order valence-corrected chi connectivity index (χ2v) is 8.58. The minimum Gasteiger partial charge on any atom is -0.379 e. The summed E-state index contributed by atoms with van der Waals surface area (Å²) in [5.41, 5.74) is 6.25. The molecule has 1 N–H and O–H groups in total. The molecule has 4 rings (SSSR count). The molecule has 1 aromatic heterocycles. The predicted molar refractivity (Wildman–Crippen MR) is 135 cm³/mol. The molecule has 2 aliphatic rings. The van der Waals surface area contributed by atoms with Crippen molar-refractivity contribution in [3.8, 4) is 0 Å². The smallest absolute Gasteiger partial charge is 0.225 e. The summed E-state index contributed by atoms with van der Waals surface area (Å²) in [5.74, 6) is 1.19. The standard InChI is InChI=1S/C25H34N6O3/c1-20-4-3-5-22(16-20)19-26-28-24-17-23(30-10-14-34-15-11-30)18-25(27-24)31(21(2)32)7-6-29-8-12-33-13-9-29/h3-5,16-19H,6-15H2,1-2H3,(H,27,28)/b26-19+. The average molecular weight is 467 g/mol. The molecule has 34 heavy (non-hydrogen) atoms. The number of hydrogen-bond donors (Lipinski definition) is 1. The molecular formula is C25H34N6O3. The fourth-order valence-electron chi connectivity index (χ4n) is 4.12. The lowest BCUT2D eigenvalue weighted by atomic mass is 10.2. The highest BCUT2D eigenvalue weighted by atomic mass is 16.5. The van der Waals surface area contributed by atoms with Gasteiger partial charge in [-0.05, 0) is 12.5 Å². The number of hydrazone groups is 1. The first-order chi connectivity index (χ1) is 16.6. The normalized spacial score (nSPS) is 17.2. The highest BCUT2D eigenvalue weighted by molar-refractivity contribution is 5.91. The van der Waals surface area contributed by atoms with Crippen LogP contribution in [0.5, 0.6) is 0 Å². The summed E-state index contributed by atoms with van der Waals surface area (Å²) in [6, 6.07) is 12.1. The van der Waals surface area contributed by atoms with Gasteiger partial charge in [0, 0.05) is 64.0 Å². The maximum atomic E-state index is 12.6. The third-order valence-electron chi connectivity index (χ3n) is 6.01. The van der Waals surface area contributed by atoms with Crippen molar-refractivity contribution in [3.63, 3.8) is 0 Å². The summed E-state index contributed by atoms with van der Waals surface area (Å²) >= 11 is 0. The van der Waals surface area contributed by atoms with E-state index in [-0.39, 0.29) is 5.91 Å². The number of amides is 1. The fourth-order valence-corrected chi connectivity index (χ4v) is 4.12. The Balaban J connectivity index is 1.55. The summed E-state index contributed by atoms with van der Waals surface area (Å²) in [6.45, 7) is 11.2. The molecule has 2 fully saturated rings. The molecule has 0 bridgehead atoms. The van der Waals surface area contributed by atoms with E-state index >= 15 is 0 Å². The molecular weight excluding hydrogens is 432 g/mol. The maximum absolute atomic E-state index is 12.6. The van der Waals surface area contributed by atoms with Crippen LogP contribution in [0.15, 0.2) is 41.5 Å². The van der Waals surface area contributed by atoms with Gasteiger partial charge in [0.05, 0.1) is 32.6 Å². The van der Waals surface area contributed by atoms with Crippen molar-refractivity contribution >= 4 is 29.4 Å². The molecule has 0 saturated carbocycles. The summed E-state index contributed by atoms with van der Waals surface area (Å²) in [4.78, 5) is 23.7. The van der Waals surface area contributed by atoms with Gasteiger partial charge >= 0.3 is 0 Å². The molecule has 9 heteroatoms. The Morgan fingerprint density at radius 2 is 1.85 bits per heavy atom. The maximum Gasteiger partial charge on any atom is 0.225 e. The predicted octanol–water partition coefficient (Wildman–Crippen LogP) is 2.36. The van der Waals surface area contributed by atoms with Crippen LogP contribution in [-0.4, -0.2) is 87.7 Å². The Hall–Kier alpha value is -3.01. The van der Waals surface area contributed by atoms with Crippen LogP contribution in [0.4, 0.5) is 17.3 Å². The Morgan fingerprint density at radius 1 is 1.12 bits per heavy atom. The van der Waals surface area contributed by atoms with E-state index in [2.05, 4.69) is 39.4 Å². The second kappa shape index (κ2) is 11.9. The fraction of sp³-hybridized carbons (Fsp3) is 0.480. The van der Waals surface area contributed by atoms with Crippen LogP contribution < -0.4 is 15.2 Å². The topological polar surface area (TPSA) is 82.5 Å². The van der Waals surface area contributed by atoms with Crippen LogP contribution in [0.25, 0.3) is 0 Å². The van der Waals surface area contributed by atoms with Gasteiger partial charge < -0.3 is 14.4 Å². The van der Waals surface area contributed by atoms with Crippen molar-refractivity contribution in [3.05, 3.63) is 47.5 Å². The van der Waals surface area contributed by atoms with Crippen molar-refractivity contribution < 1.29 is 14.3 Å². The van der Waals surface area contributed by atoms with Gasteiger partial charge in [0.2, 0.25) is 5.91 Å². The number of aromatic nitrogens is 1. The average Bonchev–Trinajstić information content (AvgIpc) is 2.85. The molecule has 0 spiro atoms. The highest BCUT2D eigenvalue weighted by Gasteiger charge is 2.20. The number of nitrogens with one attached hydrogen (secondary N) is 1. The van der Waals surface area contributed by atoms with E-state index in [9.17, 15) is 4.79 Å². The van der Waals surface area contributed by atoms with Crippen molar-refractivity contribution in [2.75, 3.05) is 80.9 Å². The number of rotatable bonds is 8. The van der Waals surface area contributed by atoms with Gasteiger partial charge in [-0.1, -0.05) is 29.8 Å². The van der Waals surface area contributed by atoms with Gasteiger partial charge in [0.1, 0.15) is 5.82 Å². The van der Waals surface area contributed by atoms with Crippen LogP contribution in [-0.2, 0) is 14.3 Å². The zero-order valence-corrected chi connectivity index (χ0v) is 20.1. The van der Waals surface area contributed by atoms with Crippen LogP contribution >= 0.6 is 0 Å². The van der Waals surface area contributed by atoms with Crippen LogP contribution in [0, 0.1) is 6.92 Å². The molecule has 1 aromatic carbocycles. The molecule has 0 radical (unpaired) electrons. The third-order valence-corrected chi connectivity index (χ3v) is 6.01. The number of ether oxygens (including phenoxy) is 2. The Morgan fingerprint density at radius 3 is 2.56 bits per heavy atom. The number of morpholine rings is 2. The zero-order chi connectivity index (χ0) is 23.8. The van der Waals surface area contributed by atoms with E-state index in [4.69, 9.17) is 14.5 Å². The Kier molecular flexibility index (Phi) is 8.46. The van der Waals surface area contributed by atoms with Crippen LogP contribution in [0.1, 0.15) is 18.1 Å².